The molecule has 1 atom stereocenters. The third-order valence-electron chi connectivity index (χ3n) is 1.94. The summed E-state index contributed by atoms with van der Waals surface area (Å²) in [6.45, 7) is 5.40. The molecule has 0 aromatic carbocycles. The molecule has 0 rings (SSSR count). The lowest BCUT2D eigenvalue weighted by molar-refractivity contribution is 0.445. The fourth-order valence-corrected chi connectivity index (χ4v) is 2.86. The molecule has 0 aromatic rings. The predicted octanol–water partition coefficient (Wildman–Crippen LogP) is 0.579. The molecule has 1 unspecified atom stereocenters. The summed E-state index contributed by atoms with van der Waals surface area (Å²) in [6, 6.07) is -0.422. The highest BCUT2D eigenvalue weighted by Gasteiger charge is 2.25. The topological polar surface area (TPSA) is 63.4 Å². The van der Waals surface area contributed by atoms with E-state index >= 15 is 0 Å². The highest BCUT2D eigenvalue weighted by molar-refractivity contribution is 7.89. The zero-order valence-electron chi connectivity index (χ0n) is 9.02. The Kier molecular flexibility index (Phi) is 4.97. The van der Waals surface area contributed by atoms with Gasteiger partial charge in [-0.05, 0) is 12.8 Å². The molecule has 0 aliphatic rings. The highest BCUT2D eigenvalue weighted by Crippen LogP contribution is 2.08. The number of sulfonamides is 1. The molecule has 0 bridgehead atoms. The van der Waals surface area contributed by atoms with Gasteiger partial charge in [-0.3, -0.25) is 0 Å². The molecule has 0 fully saturated rings. The minimum Gasteiger partial charge on any atom is -0.392 e. The number of likely N-dealkylation sites (N-methyl/N-ethyl adjacent to an activating group) is 1. The van der Waals surface area contributed by atoms with Gasteiger partial charge in [0.05, 0.1) is 16.8 Å². The van der Waals surface area contributed by atoms with Crippen LogP contribution in [0.2, 0.25) is 0 Å². The van der Waals surface area contributed by atoms with Crippen molar-refractivity contribution in [1.29, 1.82) is 0 Å². The van der Waals surface area contributed by atoms with Crippen LogP contribution in [-0.4, -0.2) is 36.6 Å². The summed E-state index contributed by atoms with van der Waals surface area (Å²) >= 11 is 4.75. The van der Waals surface area contributed by atoms with E-state index in [1.165, 1.54) is 11.4 Å². The van der Waals surface area contributed by atoms with E-state index in [2.05, 4.69) is 0 Å². The van der Waals surface area contributed by atoms with Crippen LogP contribution in [0.25, 0.3) is 0 Å². The minimum absolute atomic E-state index is 0.0981. The van der Waals surface area contributed by atoms with Crippen LogP contribution in [0.15, 0.2) is 0 Å². The van der Waals surface area contributed by atoms with Crippen LogP contribution < -0.4 is 5.73 Å². The van der Waals surface area contributed by atoms with Crippen molar-refractivity contribution >= 4 is 27.2 Å². The minimum atomic E-state index is -3.24. The standard InChI is InChI=1S/C8H18N2O2S2/c1-6(2)5-14(11,12)10(4)7(3)8(9)13/h6-7H,5H2,1-4H3,(H2,9,13). The Labute approximate surface area is 91.5 Å². The SMILES string of the molecule is CC(C)CS(=O)(=O)N(C)C(C)C(N)=S. The lowest BCUT2D eigenvalue weighted by Crippen LogP contribution is -2.44. The van der Waals surface area contributed by atoms with Crippen molar-refractivity contribution < 1.29 is 8.42 Å². The van der Waals surface area contributed by atoms with Crippen molar-refractivity contribution in [2.24, 2.45) is 11.7 Å². The number of rotatable bonds is 5. The van der Waals surface area contributed by atoms with Crippen LogP contribution in [0.5, 0.6) is 0 Å². The van der Waals surface area contributed by atoms with Gasteiger partial charge in [-0.25, -0.2) is 8.42 Å². The van der Waals surface area contributed by atoms with E-state index in [0.29, 0.717) is 0 Å². The average Bonchev–Trinajstić information content (AvgIpc) is 1.99. The second kappa shape index (κ2) is 5.04. The van der Waals surface area contributed by atoms with Crippen molar-refractivity contribution in [3.8, 4) is 0 Å². The van der Waals surface area contributed by atoms with Crippen molar-refractivity contribution in [2.45, 2.75) is 26.8 Å². The molecule has 6 heteroatoms. The Bertz CT molecular complexity index is 298. The summed E-state index contributed by atoms with van der Waals surface area (Å²) in [6.07, 6.45) is 0. The lowest BCUT2D eigenvalue weighted by atomic mass is 10.3. The Balaban J connectivity index is 4.67. The molecule has 0 spiro atoms. The summed E-state index contributed by atoms with van der Waals surface area (Å²) in [5.41, 5.74) is 5.39. The Morgan fingerprint density at radius 2 is 1.86 bits per heavy atom. The smallest absolute Gasteiger partial charge is 0.214 e. The predicted molar refractivity (Wildman–Crippen MR) is 62.6 cm³/mol. The first-order valence-electron chi connectivity index (χ1n) is 4.43. The quantitative estimate of drug-likeness (QED) is 0.712. The van der Waals surface area contributed by atoms with Crippen LogP contribution in [0.4, 0.5) is 0 Å². The molecule has 84 valence electrons. The Morgan fingerprint density at radius 3 is 2.14 bits per heavy atom. The molecule has 0 aromatic heterocycles. The molecule has 0 aliphatic heterocycles. The van der Waals surface area contributed by atoms with Gasteiger partial charge >= 0.3 is 0 Å². The first-order chi connectivity index (χ1) is 6.18. The highest BCUT2D eigenvalue weighted by atomic mass is 32.2. The third kappa shape index (κ3) is 3.89. The van der Waals surface area contributed by atoms with Crippen LogP contribution in [0.1, 0.15) is 20.8 Å². The molecular formula is C8H18N2O2S2. The second-order valence-corrected chi connectivity index (χ2v) is 6.31. The summed E-state index contributed by atoms with van der Waals surface area (Å²) in [4.78, 5) is 0.194. The lowest BCUT2D eigenvalue weighted by Gasteiger charge is -2.24. The zero-order valence-corrected chi connectivity index (χ0v) is 10.7. The van der Waals surface area contributed by atoms with Crippen molar-refractivity contribution in [1.82, 2.24) is 4.31 Å². The molecule has 0 radical (unpaired) electrons. The maximum Gasteiger partial charge on any atom is 0.214 e. The van der Waals surface area contributed by atoms with E-state index < -0.39 is 16.1 Å². The van der Waals surface area contributed by atoms with E-state index in [1.807, 2.05) is 13.8 Å². The molecule has 0 saturated carbocycles. The molecular weight excluding hydrogens is 220 g/mol. The molecule has 0 amide bonds. The normalized spacial score (nSPS) is 14.7. The number of hydrogen-bond donors (Lipinski definition) is 1. The molecule has 4 nitrogen and oxygen atoms in total. The van der Waals surface area contributed by atoms with Crippen LogP contribution in [0, 0.1) is 5.92 Å². The Morgan fingerprint density at radius 1 is 1.43 bits per heavy atom. The van der Waals surface area contributed by atoms with Gasteiger partial charge in [0.1, 0.15) is 0 Å². The number of hydrogen-bond acceptors (Lipinski definition) is 3. The zero-order chi connectivity index (χ0) is 11.5. The summed E-state index contributed by atoms with van der Waals surface area (Å²) < 4.78 is 24.6. The van der Waals surface area contributed by atoms with Crippen LogP contribution in [-0.2, 0) is 10.0 Å². The summed E-state index contributed by atoms with van der Waals surface area (Å²) in [5.74, 6) is 0.220. The average molecular weight is 238 g/mol. The van der Waals surface area contributed by atoms with Crippen LogP contribution in [0.3, 0.4) is 0 Å². The number of nitrogens with zero attached hydrogens (tertiary/aromatic N) is 1. The van der Waals surface area contributed by atoms with Crippen molar-refractivity contribution in [2.75, 3.05) is 12.8 Å². The molecule has 14 heavy (non-hydrogen) atoms. The third-order valence-corrected chi connectivity index (χ3v) is 4.56. The largest absolute Gasteiger partial charge is 0.392 e. The fourth-order valence-electron chi connectivity index (χ4n) is 0.959. The van der Waals surface area contributed by atoms with E-state index in [4.69, 9.17) is 18.0 Å². The van der Waals surface area contributed by atoms with Crippen molar-refractivity contribution in [3.63, 3.8) is 0 Å². The molecule has 0 aliphatic carbocycles. The number of nitrogens with two attached hydrogens (primary N) is 1. The summed E-state index contributed by atoms with van der Waals surface area (Å²) in [5, 5.41) is 0. The first kappa shape index (κ1) is 13.8. The van der Waals surface area contributed by atoms with Gasteiger partial charge < -0.3 is 5.73 Å². The summed E-state index contributed by atoms with van der Waals surface area (Å²) in [7, 11) is -1.74. The molecule has 0 saturated heterocycles. The monoisotopic (exact) mass is 238 g/mol. The second-order valence-electron chi connectivity index (χ2n) is 3.77. The van der Waals surface area contributed by atoms with Gasteiger partial charge in [0.2, 0.25) is 10.0 Å². The number of thiocarbonyl (C=S) groups is 1. The van der Waals surface area contributed by atoms with Gasteiger partial charge in [0, 0.05) is 7.05 Å². The van der Waals surface area contributed by atoms with Gasteiger partial charge in [-0.15, -0.1) is 0 Å². The van der Waals surface area contributed by atoms with E-state index in [-0.39, 0.29) is 16.7 Å². The fraction of sp³-hybridized carbons (Fsp3) is 0.875. The maximum atomic E-state index is 11.7. The van der Waals surface area contributed by atoms with Gasteiger partial charge in [0.15, 0.2) is 0 Å². The van der Waals surface area contributed by atoms with Gasteiger partial charge in [0.25, 0.3) is 0 Å². The van der Waals surface area contributed by atoms with E-state index in [1.54, 1.807) is 6.92 Å². The Hall–Kier alpha value is -0.200. The van der Waals surface area contributed by atoms with Gasteiger partial charge in [-0.2, -0.15) is 4.31 Å². The molecule has 0 heterocycles. The van der Waals surface area contributed by atoms with E-state index in [0.717, 1.165) is 0 Å². The van der Waals surface area contributed by atoms with Gasteiger partial charge in [-0.1, -0.05) is 26.1 Å². The maximum absolute atomic E-state index is 11.7. The van der Waals surface area contributed by atoms with E-state index in [9.17, 15) is 8.42 Å². The molecule has 2 N–H and O–H groups in total. The van der Waals surface area contributed by atoms with Crippen molar-refractivity contribution in [3.05, 3.63) is 0 Å². The first-order valence-corrected chi connectivity index (χ1v) is 6.45. The van der Waals surface area contributed by atoms with Crippen LogP contribution >= 0.6 is 12.2 Å².